The molecule has 11 aromatic rings. The zero-order valence-corrected chi connectivity index (χ0v) is 31.6. The van der Waals surface area contributed by atoms with Crippen LogP contribution in [0.5, 0.6) is 0 Å². The lowest BCUT2D eigenvalue weighted by Crippen LogP contribution is -2.14. The molecule has 0 radical (unpaired) electrons. The molecule has 0 saturated heterocycles. The molecule has 0 saturated carbocycles. The molecule has 3 aromatic heterocycles. The Kier molecular flexibility index (Phi) is 6.65. The topological polar surface area (TPSA) is 35.6 Å². The highest BCUT2D eigenvalue weighted by molar-refractivity contribution is 6.13. The molecule has 0 atom stereocenters. The first-order chi connectivity index (χ1) is 28.0. The van der Waals surface area contributed by atoms with Gasteiger partial charge in [0.25, 0.3) is 0 Å². The largest absolute Gasteiger partial charge is 0.309 e. The van der Waals surface area contributed by atoms with Gasteiger partial charge in [-0.2, -0.15) is 0 Å². The first-order valence-electron chi connectivity index (χ1n) is 19.7. The number of hydrogen-bond acceptors (Lipinski definition) is 2. The van der Waals surface area contributed by atoms with Crippen molar-refractivity contribution in [1.29, 1.82) is 0 Å². The Hall–Kier alpha value is -7.30. The first kappa shape index (κ1) is 32.0. The van der Waals surface area contributed by atoms with Gasteiger partial charge in [-0.05, 0) is 81.9 Å². The van der Waals surface area contributed by atoms with E-state index in [0.29, 0.717) is 5.95 Å². The summed E-state index contributed by atoms with van der Waals surface area (Å²) in [4.78, 5) is 11.0. The minimum atomic E-state index is -0.130. The van der Waals surface area contributed by atoms with Crippen LogP contribution < -0.4 is 0 Å². The zero-order valence-electron chi connectivity index (χ0n) is 31.6. The second-order valence-corrected chi connectivity index (χ2v) is 15.8. The number of nitrogens with zero attached hydrogens (tertiary/aromatic N) is 4. The van der Waals surface area contributed by atoms with E-state index in [0.717, 1.165) is 44.4 Å². The average molecular weight is 729 g/mol. The van der Waals surface area contributed by atoms with Crippen LogP contribution in [0.4, 0.5) is 0 Å². The van der Waals surface area contributed by atoms with E-state index in [1.165, 1.54) is 60.4 Å². The summed E-state index contributed by atoms with van der Waals surface area (Å²) in [5.74, 6) is 0.663. The van der Waals surface area contributed by atoms with E-state index in [-0.39, 0.29) is 5.41 Å². The first-order valence-corrected chi connectivity index (χ1v) is 19.7. The van der Waals surface area contributed by atoms with Crippen molar-refractivity contribution in [1.82, 2.24) is 19.1 Å². The fourth-order valence-electron chi connectivity index (χ4n) is 9.68. The molecule has 0 spiro atoms. The monoisotopic (exact) mass is 728 g/mol. The van der Waals surface area contributed by atoms with Crippen LogP contribution >= 0.6 is 0 Å². The standard InChI is InChI=1S/C53H36N4/c1-53(2)42-22-12-9-21-40(42)49-43(53)28-29-44-50(49)51(33-15-5-3-6-16-33)55-52(54-44)57-46-24-14-10-19-37(46)39-27-25-35(32-48(39)57)34-26-30-47-41(31-34)38-20-11-13-23-45(38)56(47)36-17-7-4-8-18-36/h3-32H,1-2H3. The van der Waals surface area contributed by atoms with Crippen LogP contribution in [-0.4, -0.2) is 19.1 Å². The Balaban J connectivity index is 1.11. The minimum absolute atomic E-state index is 0.130. The summed E-state index contributed by atoms with van der Waals surface area (Å²) in [6.07, 6.45) is 0. The van der Waals surface area contributed by atoms with Gasteiger partial charge in [0.1, 0.15) is 0 Å². The van der Waals surface area contributed by atoms with Crippen molar-refractivity contribution in [2.45, 2.75) is 19.3 Å². The highest BCUT2D eigenvalue weighted by atomic mass is 15.2. The summed E-state index contributed by atoms with van der Waals surface area (Å²) in [6, 6.07) is 65.7. The molecule has 0 N–H and O–H groups in total. The van der Waals surface area contributed by atoms with E-state index in [9.17, 15) is 0 Å². The van der Waals surface area contributed by atoms with Crippen molar-refractivity contribution >= 4 is 54.5 Å². The number of para-hydroxylation sites is 3. The van der Waals surface area contributed by atoms with Gasteiger partial charge < -0.3 is 4.57 Å². The lowest BCUT2D eigenvalue weighted by Gasteiger charge is -2.21. The molecule has 12 rings (SSSR count). The van der Waals surface area contributed by atoms with Crippen molar-refractivity contribution in [2.75, 3.05) is 0 Å². The van der Waals surface area contributed by atoms with Gasteiger partial charge in [0.15, 0.2) is 0 Å². The minimum Gasteiger partial charge on any atom is -0.309 e. The van der Waals surface area contributed by atoms with Gasteiger partial charge in [-0.3, -0.25) is 4.57 Å². The third-order valence-electron chi connectivity index (χ3n) is 12.3. The summed E-state index contributed by atoms with van der Waals surface area (Å²) in [5, 5.41) is 5.92. The van der Waals surface area contributed by atoms with Gasteiger partial charge in [-0.25, -0.2) is 9.97 Å². The summed E-state index contributed by atoms with van der Waals surface area (Å²) in [5.41, 5.74) is 16.0. The molecule has 0 amide bonds. The lowest BCUT2D eigenvalue weighted by atomic mass is 9.82. The van der Waals surface area contributed by atoms with Gasteiger partial charge in [-0.15, -0.1) is 0 Å². The molecule has 268 valence electrons. The molecule has 4 nitrogen and oxygen atoms in total. The third kappa shape index (κ3) is 4.55. The molecule has 0 bridgehead atoms. The highest BCUT2D eigenvalue weighted by Gasteiger charge is 2.37. The number of hydrogen-bond donors (Lipinski definition) is 0. The van der Waals surface area contributed by atoms with E-state index < -0.39 is 0 Å². The van der Waals surface area contributed by atoms with Gasteiger partial charge >= 0.3 is 0 Å². The maximum Gasteiger partial charge on any atom is 0.235 e. The maximum atomic E-state index is 5.57. The summed E-state index contributed by atoms with van der Waals surface area (Å²) in [6.45, 7) is 4.66. The fourth-order valence-corrected chi connectivity index (χ4v) is 9.68. The number of benzene rings is 8. The highest BCUT2D eigenvalue weighted by Crippen LogP contribution is 2.52. The Morgan fingerprint density at radius 1 is 0.421 bits per heavy atom. The van der Waals surface area contributed by atoms with Crippen LogP contribution in [0.15, 0.2) is 182 Å². The third-order valence-corrected chi connectivity index (χ3v) is 12.3. The predicted molar refractivity (Wildman–Crippen MR) is 237 cm³/mol. The molecule has 0 unspecified atom stereocenters. The SMILES string of the molecule is CC1(C)c2ccccc2-c2c1ccc1nc(-n3c4ccccc4c4ccc(-c5ccc6c(c5)c5ccccc5n6-c5ccccc5)cc43)nc(-c3ccccc3)c21. The normalized spacial score (nSPS) is 13.2. The molecule has 57 heavy (non-hydrogen) atoms. The average Bonchev–Trinajstić information content (AvgIpc) is 3.86. The van der Waals surface area contributed by atoms with E-state index >= 15 is 0 Å². The molecule has 1 aliphatic rings. The number of aromatic nitrogens is 4. The van der Waals surface area contributed by atoms with Crippen LogP contribution in [0.3, 0.4) is 0 Å². The molecular formula is C53H36N4. The van der Waals surface area contributed by atoms with E-state index in [1.807, 2.05) is 0 Å². The van der Waals surface area contributed by atoms with Crippen LogP contribution in [0.25, 0.3) is 99.7 Å². The predicted octanol–water partition coefficient (Wildman–Crippen LogP) is 13.5. The quantitative estimate of drug-likeness (QED) is 0.181. The lowest BCUT2D eigenvalue weighted by molar-refractivity contribution is 0.661. The zero-order chi connectivity index (χ0) is 37.8. The smallest absolute Gasteiger partial charge is 0.235 e. The Bertz CT molecular complexity index is 3420. The second kappa shape index (κ2) is 11.8. The van der Waals surface area contributed by atoms with E-state index in [1.54, 1.807) is 0 Å². The van der Waals surface area contributed by atoms with Crippen molar-refractivity contribution in [2.24, 2.45) is 0 Å². The molecule has 0 fully saturated rings. The van der Waals surface area contributed by atoms with Crippen LogP contribution in [0.1, 0.15) is 25.0 Å². The summed E-state index contributed by atoms with van der Waals surface area (Å²) in [7, 11) is 0. The van der Waals surface area contributed by atoms with Gasteiger partial charge in [0.05, 0.1) is 33.3 Å². The van der Waals surface area contributed by atoms with Crippen LogP contribution in [-0.2, 0) is 5.41 Å². The molecular weight excluding hydrogens is 693 g/mol. The number of fused-ring (bicyclic) bond motifs is 11. The maximum absolute atomic E-state index is 5.57. The summed E-state index contributed by atoms with van der Waals surface area (Å²) < 4.78 is 4.64. The molecule has 0 aliphatic heterocycles. The van der Waals surface area contributed by atoms with Gasteiger partial charge in [0.2, 0.25) is 5.95 Å². The molecule has 1 aliphatic carbocycles. The summed E-state index contributed by atoms with van der Waals surface area (Å²) >= 11 is 0. The van der Waals surface area contributed by atoms with Crippen molar-refractivity contribution in [3.63, 3.8) is 0 Å². The number of rotatable bonds is 4. The fraction of sp³-hybridized carbons (Fsp3) is 0.0566. The van der Waals surface area contributed by atoms with Crippen LogP contribution in [0, 0.1) is 0 Å². The molecule has 8 aromatic carbocycles. The second-order valence-electron chi connectivity index (χ2n) is 15.8. The van der Waals surface area contributed by atoms with Crippen molar-refractivity contribution in [3.05, 3.63) is 193 Å². The Labute approximate surface area is 329 Å². The molecule has 4 heteroatoms. The van der Waals surface area contributed by atoms with E-state index in [4.69, 9.17) is 9.97 Å². The van der Waals surface area contributed by atoms with E-state index in [2.05, 4.69) is 205 Å². The van der Waals surface area contributed by atoms with Gasteiger partial charge in [-0.1, -0.05) is 147 Å². The Morgan fingerprint density at radius 2 is 1.04 bits per heavy atom. The van der Waals surface area contributed by atoms with Crippen molar-refractivity contribution in [3.8, 4) is 45.1 Å². The van der Waals surface area contributed by atoms with Crippen molar-refractivity contribution < 1.29 is 0 Å². The Morgan fingerprint density at radius 3 is 1.84 bits per heavy atom. The van der Waals surface area contributed by atoms with Crippen LogP contribution in [0.2, 0.25) is 0 Å². The van der Waals surface area contributed by atoms with Gasteiger partial charge in [0, 0.05) is 43.6 Å². The molecule has 3 heterocycles.